The second-order valence-corrected chi connectivity index (χ2v) is 3.63. The van der Waals surface area contributed by atoms with Gasteiger partial charge < -0.3 is 9.67 Å². The number of carboxylic acids is 1. The van der Waals surface area contributed by atoms with Crippen molar-refractivity contribution >= 4 is 5.97 Å². The van der Waals surface area contributed by atoms with Gasteiger partial charge in [-0.05, 0) is 26.8 Å². The highest BCUT2D eigenvalue weighted by atomic mass is 16.4. The number of rotatable bonds is 3. The number of aromatic nitrogens is 1. The molecule has 0 radical (unpaired) electrons. The molecule has 0 aromatic carbocycles. The number of hydrogen-bond acceptors (Lipinski definition) is 1. The van der Waals surface area contributed by atoms with Gasteiger partial charge in [-0.1, -0.05) is 12.2 Å². The van der Waals surface area contributed by atoms with Gasteiger partial charge in [0.15, 0.2) is 0 Å². The smallest absolute Gasteiger partial charge is 0.337 e. The molecule has 0 aliphatic rings. The van der Waals surface area contributed by atoms with E-state index in [1.165, 1.54) is 0 Å². The van der Waals surface area contributed by atoms with Crippen LogP contribution in [0.25, 0.3) is 0 Å². The third-order valence-corrected chi connectivity index (χ3v) is 2.23. The minimum Gasteiger partial charge on any atom is -0.478 e. The van der Waals surface area contributed by atoms with Crippen molar-refractivity contribution in [3.63, 3.8) is 0 Å². The van der Waals surface area contributed by atoms with Gasteiger partial charge in [0.1, 0.15) is 0 Å². The Bertz CT molecular complexity index is 388. The summed E-state index contributed by atoms with van der Waals surface area (Å²) in [7, 11) is 0. The van der Waals surface area contributed by atoms with Crippen LogP contribution in [0.2, 0.25) is 0 Å². The van der Waals surface area contributed by atoms with Crippen molar-refractivity contribution in [2.45, 2.75) is 27.3 Å². The van der Waals surface area contributed by atoms with Crippen molar-refractivity contribution in [1.29, 1.82) is 0 Å². The largest absolute Gasteiger partial charge is 0.478 e. The molecule has 0 unspecified atom stereocenters. The molecule has 1 aromatic rings. The van der Waals surface area contributed by atoms with Crippen molar-refractivity contribution in [2.75, 3.05) is 0 Å². The summed E-state index contributed by atoms with van der Waals surface area (Å²) in [5, 5.41) is 8.90. The molecule has 1 N–H and O–H groups in total. The monoisotopic (exact) mass is 193 g/mol. The zero-order valence-corrected chi connectivity index (χ0v) is 8.79. The predicted octanol–water partition coefficient (Wildman–Crippen LogP) is 2.38. The van der Waals surface area contributed by atoms with E-state index in [1.54, 1.807) is 6.07 Å². The summed E-state index contributed by atoms with van der Waals surface area (Å²) in [6.07, 6.45) is 0. The Hall–Kier alpha value is -1.51. The molecule has 0 amide bonds. The van der Waals surface area contributed by atoms with Gasteiger partial charge in [-0.3, -0.25) is 0 Å². The normalized spacial score (nSPS) is 10.2. The first-order valence-electron chi connectivity index (χ1n) is 4.48. The molecule has 0 aliphatic heterocycles. The molecule has 1 heterocycles. The lowest BCUT2D eigenvalue weighted by Crippen LogP contribution is -2.05. The number of carbonyl (C=O) groups is 1. The van der Waals surface area contributed by atoms with Crippen molar-refractivity contribution in [2.24, 2.45) is 0 Å². The van der Waals surface area contributed by atoms with E-state index in [9.17, 15) is 4.79 Å². The molecule has 1 rings (SSSR count). The molecule has 0 saturated carbocycles. The molecular formula is C11H15NO2. The SMILES string of the molecule is C=C(C)Cn1c(C)cc(C(=O)O)c1C. The molecule has 0 atom stereocenters. The maximum Gasteiger partial charge on any atom is 0.337 e. The van der Waals surface area contributed by atoms with Gasteiger partial charge in [-0.25, -0.2) is 4.79 Å². The topological polar surface area (TPSA) is 42.2 Å². The first-order chi connectivity index (χ1) is 6.43. The zero-order chi connectivity index (χ0) is 10.9. The summed E-state index contributed by atoms with van der Waals surface area (Å²) >= 11 is 0. The first-order valence-corrected chi connectivity index (χ1v) is 4.48. The number of aromatic carboxylic acids is 1. The molecule has 3 nitrogen and oxygen atoms in total. The average Bonchev–Trinajstić information content (AvgIpc) is 2.31. The van der Waals surface area contributed by atoms with E-state index >= 15 is 0 Å². The Labute approximate surface area is 83.7 Å². The van der Waals surface area contributed by atoms with E-state index in [-0.39, 0.29) is 0 Å². The van der Waals surface area contributed by atoms with Gasteiger partial charge >= 0.3 is 5.97 Å². The van der Waals surface area contributed by atoms with Gasteiger partial charge in [0.05, 0.1) is 5.56 Å². The molecule has 0 spiro atoms. The van der Waals surface area contributed by atoms with Crippen LogP contribution >= 0.6 is 0 Å². The van der Waals surface area contributed by atoms with Crippen LogP contribution in [0, 0.1) is 13.8 Å². The van der Waals surface area contributed by atoms with E-state index in [4.69, 9.17) is 5.11 Å². The number of nitrogens with zero attached hydrogens (tertiary/aromatic N) is 1. The average molecular weight is 193 g/mol. The molecule has 0 aliphatic carbocycles. The van der Waals surface area contributed by atoms with Gasteiger partial charge in [0.2, 0.25) is 0 Å². The quantitative estimate of drug-likeness (QED) is 0.749. The minimum absolute atomic E-state index is 0.378. The predicted molar refractivity (Wildman–Crippen MR) is 55.7 cm³/mol. The standard InChI is InChI=1S/C11H15NO2/c1-7(2)6-12-8(3)5-10(9(12)4)11(13)14/h5H,1,6H2,2-4H3,(H,13,14). The maximum atomic E-state index is 10.8. The van der Waals surface area contributed by atoms with Crippen molar-refractivity contribution in [3.8, 4) is 0 Å². The highest BCUT2D eigenvalue weighted by Crippen LogP contribution is 2.16. The highest BCUT2D eigenvalue weighted by molar-refractivity contribution is 5.89. The molecule has 1 aromatic heterocycles. The lowest BCUT2D eigenvalue weighted by atomic mass is 10.2. The summed E-state index contributed by atoms with van der Waals surface area (Å²) in [5.41, 5.74) is 3.15. The molecular weight excluding hydrogens is 178 g/mol. The Morgan fingerprint density at radius 3 is 2.50 bits per heavy atom. The first kappa shape index (κ1) is 10.6. The number of aryl methyl sites for hydroxylation is 1. The second-order valence-electron chi connectivity index (χ2n) is 3.63. The molecule has 0 saturated heterocycles. The van der Waals surface area contributed by atoms with Crippen LogP contribution in [0.1, 0.15) is 28.7 Å². The van der Waals surface area contributed by atoms with E-state index in [1.807, 2.05) is 25.3 Å². The van der Waals surface area contributed by atoms with E-state index in [2.05, 4.69) is 6.58 Å². The summed E-state index contributed by atoms with van der Waals surface area (Å²) in [4.78, 5) is 10.8. The Morgan fingerprint density at radius 2 is 2.14 bits per heavy atom. The second kappa shape index (κ2) is 3.70. The summed E-state index contributed by atoms with van der Waals surface area (Å²) in [6.45, 7) is 10.2. The fourth-order valence-corrected chi connectivity index (χ4v) is 1.53. The Kier molecular flexibility index (Phi) is 2.79. The van der Waals surface area contributed by atoms with Crippen LogP contribution in [-0.2, 0) is 6.54 Å². The maximum absolute atomic E-state index is 10.8. The van der Waals surface area contributed by atoms with Crippen LogP contribution in [0.4, 0.5) is 0 Å². The Morgan fingerprint density at radius 1 is 1.57 bits per heavy atom. The van der Waals surface area contributed by atoms with Crippen molar-refractivity contribution in [1.82, 2.24) is 4.57 Å². The van der Waals surface area contributed by atoms with E-state index in [0.29, 0.717) is 12.1 Å². The molecule has 0 bridgehead atoms. The van der Waals surface area contributed by atoms with Crippen LogP contribution in [-0.4, -0.2) is 15.6 Å². The van der Waals surface area contributed by atoms with Gasteiger partial charge in [-0.15, -0.1) is 0 Å². The van der Waals surface area contributed by atoms with Crippen LogP contribution in [0.5, 0.6) is 0 Å². The molecule has 14 heavy (non-hydrogen) atoms. The summed E-state index contributed by atoms with van der Waals surface area (Å²) in [6, 6.07) is 1.70. The van der Waals surface area contributed by atoms with Gasteiger partial charge in [0.25, 0.3) is 0 Å². The third-order valence-electron chi connectivity index (χ3n) is 2.23. The van der Waals surface area contributed by atoms with Crippen molar-refractivity contribution in [3.05, 3.63) is 35.2 Å². The van der Waals surface area contributed by atoms with Crippen LogP contribution in [0.3, 0.4) is 0 Å². The van der Waals surface area contributed by atoms with Gasteiger partial charge in [0, 0.05) is 17.9 Å². The van der Waals surface area contributed by atoms with E-state index in [0.717, 1.165) is 17.0 Å². The van der Waals surface area contributed by atoms with Crippen molar-refractivity contribution < 1.29 is 9.90 Å². The lowest BCUT2D eigenvalue weighted by Gasteiger charge is -2.08. The fraction of sp³-hybridized carbons (Fsp3) is 0.364. The summed E-state index contributed by atoms with van der Waals surface area (Å²) in [5.74, 6) is -0.869. The van der Waals surface area contributed by atoms with Crippen LogP contribution in [0.15, 0.2) is 18.2 Å². The number of allylic oxidation sites excluding steroid dienone is 1. The lowest BCUT2D eigenvalue weighted by molar-refractivity contribution is 0.0696. The molecule has 76 valence electrons. The third kappa shape index (κ3) is 1.87. The Balaban J connectivity index is 3.17. The van der Waals surface area contributed by atoms with E-state index < -0.39 is 5.97 Å². The molecule has 3 heteroatoms. The highest BCUT2D eigenvalue weighted by Gasteiger charge is 2.13. The van der Waals surface area contributed by atoms with Gasteiger partial charge in [-0.2, -0.15) is 0 Å². The fourth-order valence-electron chi connectivity index (χ4n) is 1.53. The van der Waals surface area contributed by atoms with Crippen LogP contribution < -0.4 is 0 Å². The number of hydrogen-bond donors (Lipinski definition) is 1. The minimum atomic E-state index is -0.869. The molecule has 0 fully saturated rings. The number of carboxylic acid groups (broad SMARTS) is 1. The zero-order valence-electron chi connectivity index (χ0n) is 8.79. The summed E-state index contributed by atoms with van der Waals surface area (Å²) < 4.78 is 1.96.